The molecule has 0 amide bonds. The Morgan fingerprint density at radius 3 is 2.79 bits per heavy atom. The van der Waals surface area contributed by atoms with E-state index in [-0.39, 0.29) is 0 Å². The fourth-order valence-corrected chi connectivity index (χ4v) is 2.48. The van der Waals surface area contributed by atoms with Crippen molar-refractivity contribution in [3.8, 4) is 0 Å². The summed E-state index contributed by atoms with van der Waals surface area (Å²) in [7, 11) is 0. The van der Waals surface area contributed by atoms with Gasteiger partial charge in [-0.1, -0.05) is 12.1 Å². The molecule has 1 aliphatic rings. The van der Waals surface area contributed by atoms with Crippen LogP contribution in [0.15, 0.2) is 24.3 Å². The summed E-state index contributed by atoms with van der Waals surface area (Å²) in [5, 5.41) is 6.74. The van der Waals surface area contributed by atoms with Crippen molar-refractivity contribution in [1.82, 2.24) is 15.3 Å². The predicted octanol–water partition coefficient (Wildman–Crippen LogP) is 1.62. The summed E-state index contributed by atoms with van der Waals surface area (Å²) in [6.07, 6.45) is 2.49. The van der Waals surface area contributed by atoms with E-state index in [1.165, 1.54) is 12.8 Å². The molecule has 0 spiro atoms. The molecule has 0 aliphatic carbocycles. The molecule has 1 saturated heterocycles. The van der Waals surface area contributed by atoms with Gasteiger partial charge in [0.15, 0.2) is 11.6 Å². The summed E-state index contributed by atoms with van der Waals surface area (Å²) in [5.41, 5.74) is 7.66. The molecule has 1 fully saturated rings. The van der Waals surface area contributed by atoms with Crippen LogP contribution >= 0.6 is 0 Å². The van der Waals surface area contributed by atoms with E-state index >= 15 is 0 Å². The lowest BCUT2D eigenvalue weighted by molar-refractivity contribution is 0.392. The normalized spacial score (nSPS) is 19.5. The molecular weight excluding hydrogens is 238 g/mol. The number of hydrogen-bond acceptors (Lipinski definition) is 5. The predicted molar refractivity (Wildman–Crippen MR) is 78.0 cm³/mol. The maximum atomic E-state index is 5.95. The molecular formula is C14H19N5. The van der Waals surface area contributed by atoms with Crippen LogP contribution in [0.4, 0.5) is 11.6 Å². The molecule has 100 valence electrons. The minimum Gasteiger partial charge on any atom is -0.381 e. The molecule has 1 atom stereocenters. The number of nitrogens with two attached hydrogens (primary N) is 1. The summed E-state index contributed by atoms with van der Waals surface area (Å²) < 4.78 is 0. The Hall–Kier alpha value is -1.88. The molecule has 19 heavy (non-hydrogen) atoms. The van der Waals surface area contributed by atoms with Crippen molar-refractivity contribution in [2.45, 2.75) is 12.8 Å². The topological polar surface area (TPSA) is 75.9 Å². The smallest absolute Gasteiger partial charge is 0.169 e. The van der Waals surface area contributed by atoms with Crippen molar-refractivity contribution in [2.75, 3.05) is 30.7 Å². The van der Waals surface area contributed by atoms with E-state index in [0.717, 1.165) is 30.7 Å². The zero-order chi connectivity index (χ0) is 13.1. The third-order valence-electron chi connectivity index (χ3n) is 3.55. The lowest BCUT2D eigenvalue weighted by Crippen LogP contribution is -2.33. The monoisotopic (exact) mass is 257 g/mol. The van der Waals surface area contributed by atoms with Crippen molar-refractivity contribution in [1.29, 1.82) is 0 Å². The molecule has 3 rings (SSSR count). The van der Waals surface area contributed by atoms with Crippen LogP contribution in [0.2, 0.25) is 0 Å². The van der Waals surface area contributed by atoms with E-state index in [9.17, 15) is 0 Å². The SMILES string of the molecule is Nc1nc2ccccc2nc1NC[C@H]1CCCNC1. The average molecular weight is 257 g/mol. The molecule has 2 heterocycles. The van der Waals surface area contributed by atoms with Gasteiger partial charge in [0.05, 0.1) is 11.0 Å². The Balaban J connectivity index is 1.74. The Morgan fingerprint density at radius 2 is 2.05 bits per heavy atom. The molecule has 1 aliphatic heterocycles. The third-order valence-corrected chi connectivity index (χ3v) is 3.55. The molecule has 0 radical (unpaired) electrons. The third kappa shape index (κ3) is 2.76. The van der Waals surface area contributed by atoms with Crippen molar-refractivity contribution < 1.29 is 0 Å². The number of rotatable bonds is 3. The van der Waals surface area contributed by atoms with Crippen LogP contribution in [0.25, 0.3) is 11.0 Å². The van der Waals surface area contributed by atoms with Crippen LogP contribution in [0.1, 0.15) is 12.8 Å². The van der Waals surface area contributed by atoms with Crippen LogP contribution in [0.3, 0.4) is 0 Å². The first kappa shape index (κ1) is 12.2. The summed E-state index contributed by atoms with van der Waals surface area (Å²) in [6.45, 7) is 3.09. The molecule has 0 bridgehead atoms. The van der Waals surface area contributed by atoms with Crippen LogP contribution < -0.4 is 16.4 Å². The van der Waals surface area contributed by atoms with Crippen LogP contribution in [-0.2, 0) is 0 Å². The molecule has 5 nitrogen and oxygen atoms in total. The number of piperidine rings is 1. The van der Waals surface area contributed by atoms with Crippen LogP contribution in [0.5, 0.6) is 0 Å². The van der Waals surface area contributed by atoms with Gasteiger partial charge in [0, 0.05) is 6.54 Å². The van der Waals surface area contributed by atoms with Crippen LogP contribution in [0, 0.1) is 5.92 Å². The molecule has 4 N–H and O–H groups in total. The number of hydrogen-bond donors (Lipinski definition) is 3. The maximum Gasteiger partial charge on any atom is 0.169 e. The van der Waals surface area contributed by atoms with Gasteiger partial charge in [-0.2, -0.15) is 0 Å². The number of nitrogen functional groups attached to an aromatic ring is 1. The number of benzene rings is 1. The molecule has 5 heteroatoms. The van der Waals surface area contributed by atoms with Gasteiger partial charge < -0.3 is 16.4 Å². The largest absolute Gasteiger partial charge is 0.381 e. The second kappa shape index (κ2) is 5.40. The highest BCUT2D eigenvalue weighted by atomic mass is 15.1. The van der Waals surface area contributed by atoms with Crippen LogP contribution in [-0.4, -0.2) is 29.6 Å². The first-order valence-corrected chi connectivity index (χ1v) is 6.80. The Bertz CT molecular complexity index is 563. The molecule has 0 saturated carbocycles. The molecule has 1 aromatic carbocycles. The van der Waals surface area contributed by atoms with Gasteiger partial charge in [-0.25, -0.2) is 9.97 Å². The molecule has 1 aromatic heterocycles. The summed E-state index contributed by atoms with van der Waals surface area (Å²) in [6, 6.07) is 7.78. The second-order valence-electron chi connectivity index (χ2n) is 5.04. The van der Waals surface area contributed by atoms with E-state index in [1.807, 2.05) is 24.3 Å². The standard InChI is InChI=1S/C14H19N5/c15-13-14(17-9-10-4-3-7-16-8-10)19-12-6-2-1-5-11(12)18-13/h1-2,5-6,10,16H,3-4,7-9H2,(H2,15,18)(H,17,19)/t10-/m0/s1. The maximum absolute atomic E-state index is 5.95. The van der Waals surface area contributed by atoms with Gasteiger partial charge in [-0.15, -0.1) is 0 Å². The van der Waals surface area contributed by atoms with E-state index < -0.39 is 0 Å². The highest BCUT2D eigenvalue weighted by Crippen LogP contribution is 2.19. The number of anilines is 2. The van der Waals surface area contributed by atoms with E-state index in [2.05, 4.69) is 20.6 Å². The van der Waals surface area contributed by atoms with Gasteiger partial charge in [0.1, 0.15) is 0 Å². The van der Waals surface area contributed by atoms with Crippen molar-refractivity contribution in [3.63, 3.8) is 0 Å². The first-order valence-electron chi connectivity index (χ1n) is 6.80. The van der Waals surface area contributed by atoms with E-state index in [0.29, 0.717) is 17.6 Å². The Morgan fingerprint density at radius 1 is 1.26 bits per heavy atom. The lowest BCUT2D eigenvalue weighted by atomic mass is 10.00. The number of para-hydroxylation sites is 2. The number of nitrogens with one attached hydrogen (secondary N) is 2. The zero-order valence-corrected chi connectivity index (χ0v) is 10.9. The fraction of sp³-hybridized carbons (Fsp3) is 0.429. The van der Waals surface area contributed by atoms with E-state index in [1.54, 1.807) is 0 Å². The Kier molecular flexibility index (Phi) is 3.46. The highest BCUT2D eigenvalue weighted by Gasteiger charge is 2.13. The van der Waals surface area contributed by atoms with Gasteiger partial charge in [-0.3, -0.25) is 0 Å². The quantitative estimate of drug-likeness (QED) is 0.779. The van der Waals surface area contributed by atoms with Gasteiger partial charge >= 0.3 is 0 Å². The fourth-order valence-electron chi connectivity index (χ4n) is 2.48. The summed E-state index contributed by atoms with van der Waals surface area (Å²) in [5.74, 6) is 1.81. The second-order valence-corrected chi connectivity index (χ2v) is 5.04. The zero-order valence-electron chi connectivity index (χ0n) is 10.9. The summed E-state index contributed by atoms with van der Waals surface area (Å²) in [4.78, 5) is 8.92. The highest BCUT2D eigenvalue weighted by molar-refractivity contribution is 5.79. The minimum atomic E-state index is 0.475. The van der Waals surface area contributed by atoms with Crippen molar-refractivity contribution in [3.05, 3.63) is 24.3 Å². The summed E-state index contributed by atoms with van der Waals surface area (Å²) >= 11 is 0. The van der Waals surface area contributed by atoms with E-state index in [4.69, 9.17) is 5.73 Å². The van der Waals surface area contributed by atoms with Crippen molar-refractivity contribution >= 4 is 22.7 Å². The van der Waals surface area contributed by atoms with Crippen molar-refractivity contribution in [2.24, 2.45) is 5.92 Å². The average Bonchev–Trinajstić information content (AvgIpc) is 2.46. The first-order chi connectivity index (χ1) is 9.33. The van der Waals surface area contributed by atoms with Gasteiger partial charge in [0.25, 0.3) is 0 Å². The number of nitrogens with zero attached hydrogens (tertiary/aromatic N) is 2. The van der Waals surface area contributed by atoms with Gasteiger partial charge in [0.2, 0.25) is 0 Å². The number of fused-ring (bicyclic) bond motifs is 1. The number of aromatic nitrogens is 2. The molecule has 0 unspecified atom stereocenters. The lowest BCUT2D eigenvalue weighted by Gasteiger charge is -2.23. The van der Waals surface area contributed by atoms with Gasteiger partial charge in [-0.05, 0) is 44.0 Å². The Labute approximate surface area is 112 Å². The molecule has 2 aromatic rings. The minimum absolute atomic E-state index is 0.475.